The summed E-state index contributed by atoms with van der Waals surface area (Å²) in [5, 5.41) is 0.846. The Morgan fingerprint density at radius 2 is 2.03 bits per heavy atom. The number of benzene rings is 2. The van der Waals surface area contributed by atoms with Gasteiger partial charge in [0.2, 0.25) is 0 Å². The zero-order chi connectivity index (χ0) is 21.8. The molecule has 0 atom stereocenters. The lowest BCUT2D eigenvalue weighted by atomic mass is 10.3. The summed E-state index contributed by atoms with van der Waals surface area (Å²) in [5.41, 5.74) is 0.0347. The third kappa shape index (κ3) is 5.18. The second-order valence-corrected chi connectivity index (χ2v) is 8.12. The molecule has 0 N–H and O–H groups in total. The van der Waals surface area contributed by atoms with Crippen molar-refractivity contribution in [2.24, 2.45) is 0 Å². The quantitative estimate of drug-likeness (QED) is 0.372. The summed E-state index contributed by atoms with van der Waals surface area (Å²) in [7, 11) is 0. The molecule has 0 aliphatic rings. The molecule has 6 nitrogen and oxygen atoms in total. The number of aromatic nitrogens is 3. The van der Waals surface area contributed by atoms with E-state index < -0.39 is 11.6 Å². The Balaban J connectivity index is 1.53. The molecule has 4 rings (SSSR count). The van der Waals surface area contributed by atoms with Gasteiger partial charge in [0.05, 0.1) is 11.0 Å². The Morgan fingerprint density at radius 3 is 2.77 bits per heavy atom. The summed E-state index contributed by atoms with van der Waals surface area (Å²) in [4.78, 5) is 22.6. The standard InChI is InChI=1S/C21H17ClF2N4O2S/c22-14-2-4-16(5-3-14)30-12-19(29)28(8-1-7-27-9-6-25-13-27)21-26-20-17(24)10-15(23)11-18(20)31-21/h2-6,9-11,13H,1,7-8,12H2. The first-order valence-electron chi connectivity index (χ1n) is 9.39. The highest BCUT2D eigenvalue weighted by molar-refractivity contribution is 7.22. The van der Waals surface area contributed by atoms with Gasteiger partial charge in [0.15, 0.2) is 17.6 Å². The van der Waals surface area contributed by atoms with Crippen molar-refractivity contribution in [2.45, 2.75) is 13.0 Å². The number of fused-ring (bicyclic) bond motifs is 1. The molecular weight excluding hydrogens is 446 g/mol. The largest absolute Gasteiger partial charge is 0.484 e. The van der Waals surface area contributed by atoms with Crippen molar-refractivity contribution in [3.05, 3.63) is 71.8 Å². The van der Waals surface area contributed by atoms with Crippen molar-refractivity contribution in [1.29, 1.82) is 0 Å². The van der Waals surface area contributed by atoms with Gasteiger partial charge in [0.1, 0.15) is 17.1 Å². The summed E-state index contributed by atoms with van der Waals surface area (Å²) in [5.74, 6) is -1.31. The Hall–Kier alpha value is -3.04. The monoisotopic (exact) mass is 462 g/mol. The van der Waals surface area contributed by atoms with E-state index in [1.807, 2.05) is 10.8 Å². The number of carbonyl (C=O) groups excluding carboxylic acids is 1. The van der Waals surface area contributed by atoms with E-state index in [1.165, 1.54) is 11.0 Å². The maximum absolute atomic E-state index is 14.1. The van der Waals surface area contributed by atoms with Crippen molar-refractivity contribution in [3.63, 3.8) is 0 Å². The van der Waals surface area contributed by atoms with E-state index in [-0.39, 0.29) is 23.2 Å². The van der Waals surface area contributed by atoms with Crippen molar-refractivity contribution in [2.75, 3.05) is 18.1 Å². The number of anilines is 1. The van der Waals surface area contributed by atoms with Crippen LogP contribution in [-0.4, -0.2) is 33.6 Å². The number of thiazole rings is 1. The second-order valence-electron chi connectivity index (χ2n) is 6.67. The molecule has 0 aliphatic heterocycles. The molecule has 2 heterocycles. The molecule has 31 heavy (non-hydrogen) atoms. The maximum Gasteiger partial charge on any atom is 0.266 e. The normalized spacial score (nSPS) is 11.1. The van der Waals surface area contributed by atoms with Gasteiger partial charge in [-0.25, -0.2) is 18.7 Å². The molecule has 2 aromatic heterocycles. The third-order valence-corrected chi connectivity index (χ3v) is 5.74. The molecule has 0 aliphatic carbocycles. The zero-order valence-corrected chi connectivity index (χ0v) is 17.7. The summed E-state index contributed by atoms with van der Waals surface area (Å²) >= 11 is 6.92. The second kappa shape index (κ2) is 9.40. The highest BCUT2D eigenvalue weighted by Gasteiger charge is 2.21. The minimum atomic E-state index is -0.763. The summed E-state index contributed by atoms with van der Waals surface area (Å²) < 4.78 is 35.5. The molecule has 0 radical (unpaired) electrons. The molecule has 0 spiro atoms. The fourth-order valence-corrected chi connectivity index (χ4v) is 4.15. The number of halogens is 3. The SMILES string of the molecule is O=C(COc1ccc(Cl)cc1)N(CCCn1ccnc1)c1nc2c(F)cc(F)cc2s1. The van der Waals surface area contributed by atoms with E-state index in [1.54, 1.807) is 36.8 Å². The number of nitrogens with zero attached hydrogens (tertiary/aromatic N) is 4. The van der Waals surface area contributed by atoms with Crippen LogP contribution in [0.3, 0.4) is 0 Å². The van der Waals surface area contributed by atoms with Crippen LogP contribution in [0, 0.1) is 11.6 Å². The van der Waals surface area contributed by atoms with Gasteiger partial charge in [-0.2, -0.15) is 0 Å². The molecule has 0 fully saturated rings. The molecule has 0 saturated carbocycles. The average Bonchev–Trinajstić information content (AvgIpc) is 3.40. The van der Waals surface area contributed by atoms with Gasteiger partial charge in [0, 0.05) is 36.6 Å². The summed E-state index contributed by atoms with van der Waals surface area (Å²) in [6, 6.07) is 8.63. The lowest BCUT2D eigenvalue weighted by Crippen LogP contribution is -2.36. The molecule has 4 aromatic rings. The van der Waals surface area contributed by atoms with Gasteiger partial charge in [-0.05, 0) is 36.8 Å². The van der Waals surface area contributed by atoms with E-state index in [0.717, 1.165) is 17.4 Å². The van der Waals surface area contributed by atoms with E-state index in [2.05, 4.69) is 9.97 Å². The van der Waals surface area contributed by atoms with Crippen LogP contribution in [0.4, 0.5) is 13.9 Å². The number of aryl methyl sites for hydroxylation is 1. The predicted octanol–water partition coefficient (Wildman–Crippen LogP) is 4.93. The third-order valence-electron chi connectivity index (χ3n) is 4.47. The van der Waals surface area contributed by atoms with Gasteiger partial charge < -0.3 is 9.30 Å². The number of carbonyl (C=O) groups is 1. The molecular formula is C21H17ClF2N4O2S. The van der Waals surface area contributed by atoms with Crippen LogP contribution in [-0.2, 0) is 11.3 Å². The van der Waals surface area contributed by atoms with Gasteiger partial charge in [0.25, 0.3) is 5.91 Å². The first-order valence-corrected chi connectivity index (χ1v) is 10.6. The highest BCUT2D eigenvalue weighted by Crippen LogP contribution is 2.31. The smallest absolute Gasteiger partial charge is 0.266 e. The molecule has 2 aromatic carbocycles. The molecule has 160 valence electrons. The van der Waals surface area contributed by atoms with Gasteiger partial charge >= 0.3 is 0 Å². The van der Waals surface area contributed by atoms with Crippen LogP contribution in [0.2, 0.25) is 5.02 Å². The van der Waals surface area contributed by atoms with E-state index in [9.17, 15) is 13.6 Å². The molecule has 0 saturated heterocycles. The minimum absolute atomic E-state index is 0.0347. The molecule has 0 bridgehead atoms. The lowest BCUT2D eigenvalue weighted by Gasteiger charge is -2.20. The number of imidazole rings is 1. The summed E-state index contributed by atoms with van der Waals surface area (Å²) in [6.07, 6.45) is 5.79. The van der Waals surface area contributed by atoms with Crippen molar-refractivity contribution in [3.8, 4) is 5.75 Å². The number of ether oxygens (including phenoxy) is 1. The first kappa shape index (κ1) is 21.2. The Kier molecular flexibility index (Phi) is 6.43. The van der Waals surface area contributed by atoms with E-state index in [0.29, 0.717) is 35.0 Å². The van der Waals surface area contributed by atoms with Gasteiger partial charge in [-0.15, -0.1) is 0 Å². The number of amides is 1. The van der Waals surface area contributed by atoms with Gasteiger partial charge in [-0.1, -0.05) is 22.9 Å². The number of hydrogen-bond acceptors (Lipinski definition) is 5. The Morgan fingerprint density at radius 1 is 1.23 bits per heavy atom. The molecule has 0 unspecified atom stereocenters. The number of hydrogen-bond donors (Lipinski definition) is 0. The Labute approximate surface area is 185 Å². The van der Waals surface area contributed by atoms with Crippen LogP contribution in [0.25, 0.3) is 10.2 Å². The fourth-order valence-electron chi connectivity index (χ4n) is 2.97. The fraction of sp³-hybridized carbons (Fsp3) is 0.190. The number of rotatable bonds is 8. The highest BCUT2D eigenvalue weighted by atomic mass is 35.5. The van der Waals surface area contributed by atoms with Crippen molar-refractivity contribution >= 4 is 44.2 Å². The van der Waals surface area contributed by atoms with E-state index in [4.69, 9.17) is 16.3 Å². The predicted molar refractivity (Wildman–Crippen MR) is 116 cm³/mol. The Bertz CT molecular complexity index is 1180. The van der Waals surface area contributed by atoms with Crippen LogP contribution >= 0.6 is 22.9 Å². The van der Waals surface area contributed by atoms with Crippen LogP contribution in [0.15, 0.2) is 55.1 Å². The first-order chi connectivity index (χ1) is 15.0. The van der Waals surface area contributed by atoms with Crippen LogP contribution in [0.1, 0.15) is 6.42 Å². The zero-order valence-electron chi connectivity index (χ0n) is 16.2. The lowest BCUT2D eigenvalue weighted by molar-refractivity contribution is -0.120. The van der Waals surface area contributed by atoms with Crippen LogP contribution in [0.5, 0.6) is 5.75 Å². The van der Waals surface area contributed by atoms with Crippen molar-refractivity contribution in [1.82, 2.24) is 14.5 Å². The minimum Gasteiger partial charge on any atom is -0.484 e. The van der Waals surface area contributed by atoms with E-state index >= 15 is 0 Å². The van der Waals surface area contributed by atoms with Gasteiger partial charge in [-0.3, -0.25) is 9.69 Å². The molecule has 1 amide bonds. The average molecular weight is 463 g/mol. The summed E-state index contributed by atoms with van der Waals surface area (Å²) in [6.45, 7) is 0.722. The van der Waals surface area contributed by atoms with Crippen molar-refractivity contribution < 1.29 is 18.3 Å². The molecule has 10 heteroatoms. The topological polar surface area (TPSA) is 60.2 Å². The van der Waals surface area contributed by atoms with Crippen LogP contribution < -0.4 is 9.64 Å². The maximum atomic E-state index is 14.1.